The number of carboxylic acids is 1. The minimum atomic E-state index is -0.780. The van der Waals surface area contributed by atoms with Crippen molar-refractivity contribution in [1.29, 1.82) is 0 Å². The van der Waals surface area contributed by atoms with Gasteiger partial charge in [-0.2, -0.15) is 0 Å². The summed E-state index contributed by atoms with van der Waals surface area (Å²) in [6, 6.07) is 14.1. The number of aryl methyl sites for hydroxylation is 1. The number of aromatic hydroxyl groups is 1. The van der Waals surface area contributed by atoms with Gasteiger partial charge in [0.05, 0.1) is 23.6 Å². The summed E-state index contributed by atoms with van der Waals surface area (Å²) in [5, 5.41) is 21.4. The molecule has 1 aromatic heterocycles. The molecule has 0 radical (unpaired) electrons. The van der Waals surface area contributed by atoms with Gasteiger partial charge in [-0.05, 0) is 43.5 Å². The lowest BCUT2D eigenvalue weighted by Gasteiger charge is -2.51. The minimum absolute atomic E-state index is 0.257. The lowest BCUT2D eigenvalue weighted by Crippen LogP contribution is -2.52. The van der Waals surface area contributed by atoms with E-state index in [0.29, 0.717) is 19.4 Å². The summed E-state index contributed by atoms with van der Waals surface area (Å²) < 4.78 is 8.61. The second-order valence-electron chi connectivity index (χ2n) is 9.13. The van der Waals surface area contributed by atoms with Crippen molar-refractivity contribution in [3.8, 4) is 11.4 Å². The van der Waals surface area contributed by atoms with Gasteiger partial charge in [-0.15, -0.1) is 0 Å². The van der Waals surface area contributed by atoms with Crippen LogP contribution in [0.15, 0.2) is 42.5 Å². The zero-order valence-corrected chi connectivity index (χ0v) is 16.9. The molecule has 2 N–H and O–H groups in total. The Hall–Kier alpha value is -2.79. The number of aliphatic carboxylic acids is 1. The molecule has 0 saturated heterocycles. The largest absolute Gasteiger partial charge is 0.507 e. The Kier molecular flexibility index (Phi) is 3.69. The standard InChI is InChI=1S/C24H25NO4/c1-14-9-10-17-18(20(14)26)19-21(25(17)16-7-5-4-6-8-16)23(2,3)13-29-24(19)11-15(12-24)22(27)28/h4-10,15,26H,11-13H2,1-3H3,(H,27,28). The molecular formula is C24H25NO4. The highest BCUT2D eigenvalue weighted by Crippen LogP contribution is 2.59. The van der Waals surface area contributed by atoms with Gasteiger partial charge in [-0.3, -0.25) is 4.79 Å². The number of hydrogen-bond donors (Lipinski definition) is 2. The first-order valence-corrected chi connectivity index (χ1v) is 10.1. The molecule has 1 spiro atoms. The highest BCUT2D eigenvalue weighted by Gasteiger charge is 2.57. The van der Waals surface area contributed by atoms with Crippen molar-refractivity contribution in [1.82, 2.24) is 4.57 Å². The van der Waals surface area contributed by atoms with E-state index in [4.69, 9.17) is 4.74 Å². The molecule has 3 aromatic rings. The average Bonchev–Trinajstić information content (AvgIpc) is 3.01. The number of benzene rings is 2. The van der Waals surface area contributed by atoms with Gasteiger partial charge >= 0.3 is 5.97 Å². The van der Waals surface area contributed by atoms with Crippen LogP contribution in [0.3, 0.4) is 0 Å². The van der Waals surface area contributed by atoms with E-state index in [0.717, 1.165) is 33.4 Å². The summed E-state index contributed by atoms with van der Waals surface area (Å²) in [6.07, 6.45) is 0.874. The Balaban J connectivity index is 1.89. The number of phenolic OH excluding ortho intramolecular Hbond substituents is 1. The summed E-state index contributed by atoms with van der Waals surface area (Å²) >= 11 is 0. The van der Waals surface area contributed by atoms with Crippen LogP contribution in [-0.2, 0) is 20.5 Å². The number of rotatable bonds is 2. The van der Waals surface area contributed by atoms with Crippen molar-refractivity contribution in [3.05, 3.63) is 59.3 Å². The number of para-hydroxylation sites is 1. The summed E-state index contributed by atoms with van der Waals surface area (Å²) in [4.78, 5) is 11.5. The average molecular weight is 391 g/mol. The van der Waals surface area contributed by atoms with Crippen LogP contribution >= 0.6 is 0 Å². The smallest absolute Gasteiger partial charge is 0.306 e. The third-order valence-electron chi connectivity index (χ3n) is 6.63. The maximum absolute atomic E-state index is 11.5. The van der Waals surface area contributed by atoms with E-state index in [-0.39, 0.29) is 11.2 Å². The number of hydrogen-bond acceptors (Lipinski definition) is 3. The molecule has 0 bridgehead atoms. The SMILES string of the molecule is Cc1ccc2c(c1O)c1c(n2-c2ccccc2)C(C)(C)COC12CC(C(=O)O)C2. The Morgan fingerprint density at radius 3 is 2.48 bits per heavy atom. The van der Waals surface area contributed by atoms with E-state index in [1.807, 2.05) is 37.3 Å². The molecular weight excluding hydrogens is 366 g/mol. The summed E-state index contributed by atoms with van der Waals surface area (Å²) in [7, 11) is 0. The molecule has 0 amide bonds. The van der Waals surface area contributed by atoms with E-state index >= 15 is 0 Å². The van der Waals surface area contributed by atoms with Gasteiger partial charge in [0, 0.05) is 27.7 Å². The van der Waals surface area contributed by atoms with Crippen LogP contribution < -0.4 is 0 Å². The van der Waals surface area contributed by atoms with Crippen molar-refractivity contribution in [2.75, 3.05) is 6.61 Å². The van der Waals surface area contributed by atoms with Crippen molar-refractivity contribution < 1.29 is 19.7 Å². The number of aromatic nitrogens is 1. The fourth-order valence-corrected chi connectivity index (χ4v) is 5.09. The van der Waals surface area contributed by atoms with Crippen molar-refractivity contribution in [3.63, 3.8) is 0 Å². The van der Waals surface area contributed by atoms with Gasteiger partial charge in [-0.1, -0.05) is 38.1 Å². The quantitative estimate of drug-likeness (QED) is 0.667. The van der Waals surface area contributed by atoms with Crippen molar-refractivity contribution >= 4 is 16.9 Å². The fraction of sp³-hybridized carbons (Fsp3) is 0.375. The number of phenols is 1. The molecule has 2 heterocycles. The monoisotopic (exact) mass is 391 g/mol. The van der Waals surface area contributed by atoms with Gasteiger partial charge < -0.3 is 19.5 Å². The molecule has 2 aromatic carbocycles. The molecule has 150 valence electrons. The van der Waals surface area contributed by atoms with E-state index in [2.05, 4.69) is 30.5 Å². The van der Waals surface area contributed by atoms with Crippen LogP contribution in [0.2, 0.25) is 0 Å². The van der Waals surface area contributed by atoms with Gasteiger partial charge in [0.2, 0.25) is 0 Å². The van der Waals surface area contributed by atoms with Crippen LogP contribution in [0.4, 0.5) is 0 Å². The predicted octanol–water partition coefficient (Wildman–Crippen LogP) is 4.64. The zero-order valence-electron chi connectivity index (χ0n) is 16.9. The third kappa shape index (κ3) is 2.40. The number of fused-ring (bicyclic) bond motifs is 4. The Labute approximate surface area is 169 Å². The van der Waals surface area contributed by atoms with Crippen LogP contribution in [-0.4, -0.2) is 27.4 Å². The fourth-order valence-electron chi connectivity index (χ4n) is 5.09. The summed E-state index contributed by atoms with van der Waals surface area (Å²) in [5.41, 5.74) is 3.89. The molecule has 1 aliphatic heterocycles. The molecule has 0 atom stereocenters. The maximum atomic E-state index is 11.5. The zero-order chi connectivity index (χ0) is 20.6. The first kappa shape index (κ1) is 18.3. The molecule has 1 fully saturated rings. The molecule has 0 unspecified atom stereocenters. The molecule has 5 heteroatoms. The highest BCUT2D eigenvalue weighted by molar-refractivity contribution is 5.95. The van der Waals surface area contributed by atoms with Gasteiger partial charge in [0.1, 0.15) is 5.75 Å². The van der Waals surface area contributed by atoms with Crippen LogP contribution in [0, 0.1) is 12.8 Å². The molecule has 5 rings (SSSR count). The molecule has 1 aliphatic carbocycles. The Morgan fingerprint density at radius 1 is 1.14 bits per heavy atom. The number of nitrogens with zero attached hydrogens (tertiary/aromatic N) is 1. The normalized spacial score (nSPS) is 25.0. The van der Waals surface area contributed by atoms with E-state index < -0.39 is 17.5 Å². The van der Waals surface area contributed by atoms with E-state index in [1.54, 1.807) is 0 Å². The van der Waals surface area contributed by atoms with Crippen LogP contribution in [0.25, 0.3) is 16.6 Å². The second kappa shape index (κ2) is 5.86. The van der Waals surface area contributed by atoms with Crippen LogP contribution in [0.5, 0.6) is 5.75 Å². The van der Waals surface area contributed by atoms with Gasteiger partial charge in [0.25, 0.3) is 0 Å². The minimum Gasteiger partial charge on any atom is -0.507 e. The predicted molar refractivity (Wildman–Crippen MR) is 111 cm³/mol. The summed E-state index contributed by atoms with van der Waals surface area (Å²) in [6.45, 7) is 6.70. The van der Waals surface area contributed by atoms with E-state index in [9.17, 15) is 15.0 Å². The topological polar surface area (TPSA) is 71.7 Å². The van der Waals surface area contributed by atoms with Crippen LogP contribution in [0.1, 0.15) is 43.5 Å². The second-order valence-corrected chi connectivity index (χ2v) is 9.13. The lowest BCUT2D eigenvalue weighted by atomic mass is 9.63. The molecule has 5 nitrogen and oxygen atoms in total. The first-order valence-electron chi connectivity index (χ1n) is 10.1. The number of carbonyl (C=O) groups is 1. The van der Waals surface area contributed by atoms with Crippen molar-refractivity contribution in [2.45, 2.75) is 44.6 Å². The molecule has 29 heavy (non-hydrogen) atoms. The first-order chi connectivity index (χ1) is 13.8. The maximum Gasteiger partial charge on any atom is 0.306 e. The molecule has 2 aliphatic rings. The van der Waals surface area contributed by atoms with Crippen molar-refractivity contribution in [2.24, 2.45) is 5.92 Å². The lowest BCUT2D eigenvalue weighted by molar-refractivity contribution is -0.180. The van der Waals surface area contributed by atoms with Gasteiger partial charge in [0.15, 0.2) is 0 Å². The third-order valence-corrected chi connectivity index (χ3v) is 6.63. The summed E-state index contributed by atoms with van der Waals surface area (Å²) in [5.74, 6) is -0.933. The highest BCUT2D eigenvalue weighted by atomic mass is 16.5. The van der Waals surface area contributed by atoms with E-state index in [1.165, 1.54) is 0 Å². The Morgan fingerprint density at radius 2 is 1.83 bits per heavy atom. The molecule has 1 saturated carbocycles. The van der Waals surface area contributed by atoms with Gasteiger partial charge in [-0.25, -0.2) is 0 Å². The Bertz CT molecular complexity index is 1140. The number of ether oxygens (including phenoxy) is 1. The number of carboxylic acid groups (broad SMARTS) is 1.